The molecule has 0 bridgehead atoms. The summed E-state index contributed by atoms with van der Waals surface area (Å²) in [5, 5.41) is 17.0. The van der Waals surface area contributed by atoms with Crippen molar-refractivity contribution < 1.29 is 38.2 Å². The van der Waals surface area contributed by atoms with Crippen molar-refractivity contribution in [1.82, 2.24) is 30.8 Å². The Morgan fingerprint density at radius 3 is 2.46 bits per heavy atom. The molecule has 1 aliphatic heterocycles. The Balaban J connectivity index is 0.868. The van der Waals surface area contributed by atoms with Gasteiger partial charge in [0.2, 0.25) is 24.1 Å². The Morgan fingerprint density at radius 1 is 0.965 bits per heavy atom. The maximum absolute atomic E-state index is 13.5. The van der Waals surface area contributed by atoms with E-state index in [2.05, 4.69) is 31.6 Å². The zero-order valence-electron chi connectivity index (χ0n) is 32.5. The molecule has 0 spiro atoms. The molecule has 17 heteroatoms. The molecule has 2 aromatic heterocycles. The molecular formula is C40H54N8O8S. The average Bonchev–Trinajstić information content (AvgIpc) is 3.84. The smallest absolute Gasteiger partial charge is 0.254 e. The molecule has 3 heterocycles. The Morgan fingerprint density at radius 2 is 1.72 bits per heavy atom. The molecule has 5 N–H and O–H groups in total. The highest BCUT2D eigenvalue weighted by atomic mass is 32.1. The Kier molecular flexibility index (Phi) is 17.3. The molecule has 2 aliphatic rings. The SMILES string of the molecule is CC(CCC(=O)NC=O)N1Cc2cc(NC(=O)CNCCOCCOCCOCCNC(=O)C3(Cc4cccc(Nc5nccs5)n4)CCCCC3)ccc2C1=O. The lowest BCUT2D eigenvalue weighted by atomic mass is 9.70. The number of amides is 5. The van der Waals surface area contributed by atoms with Gasteiger partial charge in [-0.1, -0.05) is 25.3 Å². The van der Waals surface area contributed by atoms with E-state index in [0.29, 0.717) is 89.8 Å². The number of nitrogens with zero attached hydrogens (tertiary/aromatic N) is 3. The molecule has 1 atom stereocenters. The fourth-order valence-electron chi connectivity index (χ4n) is 7.03. The number of carbonyl (C=O) groups excluding carboxylic acids is 5. The van der Waals surface area contributed by atoms with Crippen LogP contribution in [0.25, 0.3) is 0 Å². The summed E-state index contributed by atoms with van der Waals surface area (Å²) in [5.41, 5.74) is 2.38. The van der Waals surface area contributed by atoms with Crippen molar-refractivity contribution >= 4 is 58.0 Å². The minimum Gasteiger partial charge on any atom is -0.378 e. The van der Waals surface area contributed by atoms with Crippen molar-refractivity contribution in [3.63, 3.8) is 0 Å². The highest BCUT2D eigenvalue weighted by Gasteiger charge is 2.40. The maximum atomic E-state index is 13.5. The standard InChI is InChI=1S/C40H54N8O8S/c1-29(8-11-35(50)44-28-49)48-27-30-24-31(9-10-33(30)37(48)52)46-36(51)26-41-14-17-54-19-21-56-22-20-55-18-15-42-38(53)40(12-3-2-4-13-40)25-32-6-5-7-34(45-32)47-39-43-16-23-57-39/h5-7,9-10,16,23-24,28-29,41H,2-4,8,11-15,17-22,25-27H2,1H3,(H,42,53)(H,46,51)(H,43,45,47)(H,44,49,50). The van der Waals surface area contributed by atoms with Crippen molar-refractivity contribution in [2.45, 2.75) is 70.9 Å². The van der Waals surface area contributed by atoms with E-state index in [1.54, 1.807) is 29.3 Å². The Labute approximate surface area is 337 Å². The molecule has 1 unspecified atom stereocenters. The van der Waals surface area contributed by atoms with Gasteiger partial charge in [-0.3, -0.25) is 29.3 Å². The number of carbonyl (C=O) groups is 5. The van der Waals surface area contributed by atoms with E-state index < -0.39 is 5.41 Å². The minimum atomic E-state index is -0.476. The third-order valence-electron chi connectivity index (χ3n) is 10.0. The number of ether oxygens (including phenoxy) is 3. The van der Waals surface area contributed by atoms with Crippen LogP contribution in [0, 0.1) is 5.41 Å². The summed E-state index contributed by atoms with van der Waals surface area (Å²) < 4.78 is 16.9. The molecular weight excluding hydrogens is 753 g/mol. The van der Waals surface area contributed by atoms with Gasteiger partial charge < -0.3 is 40.4 Å². The zero-order valence-corrected chi connectivity index (χ0v) is 33.3. The van der Waals surface area contributed by atoms with Gasteiger partial charge in [-0.15, -0.1) is 11.3 Å². The van der Waals surface area contributed by atoms with Gasteiger partial charge in [0.05, 0.1) is 51.6 Å². The Bertz CT molecular complexity index is 1770. The number of hydrogen-bond acceptors (Lipinski definition) is 13. The van der Waals surface area contributed by atoms with Crippen LogP contribution in [0.5, 0.6) is 0 Å². The number of rotatable bonds is 25. The molecule has 0 saturated heterocycles. The summed E-state index contributed by atoms with van der Waals surface area (Å²) in [5.74, 6) is 0.0559. The molecule has 1 aromatic carbocycles. The van der Waals surface area contributed by atoms with Crippen LogP contribution in [-0.4, -0.2) is 110 Å². The van der Waals surface area contributed by atoms with E-state index in [1.807, 2.05) is 30.5 Å². The highest BCUT2D eigenvalue weighted by Crippen LogP contribution is 2.39. The van der Waals surface area contributed by atoms with Gasteiger partial charge in [0.15, 0.2) is 5.13 Å². The van der Waals surface area contributed by atoms with Crippen molar-refractivity contribution in [3.8, 4) is 0 Å². The second-order valence-electron chi connectivity index (χ2n) is 14.2. The van der Waals surface area contributed by atoms with Crippen LogP contribution in [0.3, 0.4) is 0 Å². The number of pyridine rings is 1. The summed E-state index contributed by atoms with van der Waals surface area (Å²) in [6, 6.07) is 10.9. The van der Waals surface area contributed by atoms with Crippen LogP contribution in [0.4, 0.5) is 16.6 Å². The molecule has 0 radical (unpaired) electrons. The van der Waals surface area contributed by atoms with Gasteiger partial charge in [0.1, 0.15) is 5.82 Å². The molecule has 16 nitrogen and oxygen atoms in total. The van der Waals surface area contributed by atoms with E-state index in [0.717, 1.165) is 54.3 Å². The van der Waals surface area contributed by atoms with Crippen molar-refractivity contribution in [2.75, 3.05) is 69.9 Å². The van der Waals surface area contributed by atoms with Crippen molar-refractivity contribution in [1.29, 1.82) is 0 Å². The third kappa shape index (κ3) is 13.7. The fraction of sp³-hybridized carbons (Fsp3) is 0.525. The zero-order chi connectivity index (χ0) is 40.3. The van der Waals surface area contributed by atoms with Crippen LogP contribution < -0.4 is 26.6 Å². The van der Waals surface area contributed by atoms with E-state index in [-0.39, 0.29) is 42.6 Å². The number of anilines is 3. The molecule has 5 amide bonds. The second-order valence-corrected chi connectivity index (χ2v) is 15.1. The lowest BCUT2D eigenvalue weighted by Gasteiger charge is -2.35. The molecule has 308 valence electrons. The molecule has 1 aliphatic carbocycles. The number of aromatic nitrogens is 2. The second kappa shape index (κ2) is 22.8. The predicted octanol–water partition coefficient (Wildman–Crippen LogP) is 3.57. The van der Waals surface area contributed by atoms with E-state index in [1.165, 1.54) is 11.3 Å². The normalized spacial score (nSPS) is 15.1. The number of thiazole rings is 1. The monoisotopic (exact) mass is 806 g/mol. The molecule has 1 saturated carbocycles. The van der Waals surface area contributed by atoms with E-state index >= 15 is 0 Å². The lowest BCUT2D eigenvalue weighted by molar-refractivity contribution is -0.133. The van der Waals surface area contributed by atoms with Crippen LogP contribution >= 0.6 is 11.3 Å². The molecule has 57 heavy (non-hydrogen) atoms. The van der Waals surface area contributed by atoms with E-state index in [4.69, 9.17) is 19.2 Å². The number of benzene rings is 1. The lowest BCUT2D eigenvalue weighted by Crippen LogP contribution is -2.45. The largest absolute Gasteiger partial charge is 0.378 e. The summed E-state index contributed by atoms with van der Waals surface area (Å²) in [7, 11) is 0. The average molecular weight is 807 g/mol. The molecule has 1 fully saturated rings. The number of fused-ring (bicyclic) bond motifs is 1. The minimum absolute atomic E-state index is 0.0605. The highest BCUT2D eigenvalue weighted by molar-refractivity contribution is 7.13. The number of nitrogens with one attached hydrogen (secondary N) is 5. The van der Waals surface area contributed by atoms with Crippen molar-refractivity contribution in [2.24, 2.45) is 5.41 Å². The van der Waals surface area contributed by atoms with Crippen LogP contribution in [-0.2, 0) is 46.4 Å². The predicted molar refractivity (Wildman–Crippen MR) is 215 cm³/mol. The third-order valence-corrected chi connectivity index (χ3v) is 10.7. The number of imide groups is 1. The maximum Gasteiger partial charge on any atom is 0.254 e. The topological polar surface area (TPSA) is 202 Å². The van der Waals surface area contributed by atoms with Gasteiger partial charge in [-0.05, 0) is 62.1 Å². The first-order valence-corrected chi connectivity index (χ1v) is 20.5. The molecule has 3 aromatic rings. The van der Waals surface area contributed by atoms with Crippen LogP contribution in [0.1, 0.15) is 73.5 Å². The van der Waals surface area contributed by atoms with Crippen LogP contribution in [0.15, 0.2) is 48.0 Å². The molecule has 5 rings (SSSR count). The van der Waals surface area contributed by atoms with Gasteiger partial charge >= 0.3 is 0 Å². The quantitative estimate of drug-likeness (QED) is 0.0617. The van der Waals surface area contributed by atoms with Gasteiger partial charge in [-0.25, -0.2) is 9.97 Å². The Hall–Kier alpha value is -4.81. The van der Waals surface area contributed by atoms with Gasteiger partial charge in [0, 0.05) is 67.0 Å². The van der Waals surface area contributed by atoms with Crippen LogP contribution in [0.2, 0.25) is 0 Å². The first kappa shape index (κ1) is 43.3. The van der Waals surface area contributed by atoms with Crippen molar-refractivity contribution in [3.05, 3.63) is 64.8 Å². The first-order chi connectivity index (χ1) is 27.8. The summed E-state index contributed by atoms with van der Waals surface area (Å²) in [6.45, 7) is 5.67. The fourth-order valence-corrected chi connectivity index (χ4v) is 7.57. The van der Waals surface area contributed by atoms with Gasteiger partial charge in [-0.2, -0.15) is 0 Å². The van der Waals surface area contributed by atoms with E-state index in [9.17, 15) is 24.0 Å². The summed E-state index contributed by atoms with van der Waals surface area (Å²) in [4.78, 5) is 71.6. The number of hydrogen-bond donors (Lipinski definition) is 5. The van der Waals surface area contributed by atoms with Gasteiger partial charge in [0.25, 0.3) is 5.91 Å². The summed E-state index contributed by atoms with van der Waals surface area (Å²) in [6.07, 6.45) is 8.12. The first-order valence-electron chi connectivity index (χ1n) is 19.6. The summed E-state index contributed by atoms with van der Waals surface area (Å²) >= 11 is 1.51.